The molecule has 0 aromatic heterocycles. The van der Waals surface area contributed by atoms with Gasteiger partial charge in [0.15, 0.2) is 0 Å². The minimum Gasteiger partial charge on any atom is -0.339 e. The molecule has 31 heavy (non-hydrogen) atoms. The Kier molecular flexibility index (Phi) is 6.46. The normalized spacial score (nSPS) is 20.8. The van der Waals surface area contributed by atoms with Gasteiger partial charge in [-0.2, -0.15) is 4.31 Å². The number of likely N-dealkylation sites (tertiary alicyclic amines) is 1. The second-order valence-corrected chi connectivity index (χ2v) is 10.5. The minimum absolute atomic E-state index is 0.109. The molecule has 2 heterocycles. The lowest BCUT2D eigenvalue weighted by molar-refractivity contribution is -0.137. The number of aryl methyl sites for hydroxylation is 2. The molecule has 2 aliphatic heterocycles. The average molecular weight is 442 g/mol. The maximum Gasteiger partial charge on any atom is 0.243 e. The van der Waals surface area contributed by atoms with E-state index in [0.717, 1.165) is 37.1 Å². The van der Waals surface area contributed by atoms with Crippen LogP contribution in [0.25, 0.3) is 0 Å². The summed E-state index contributed by atoms with van der Waals surface area (Å²) in [5, 5.41) is 0. The second kappa shape index (κ2) is 9.10. The van der Waals surface area contributed by atoms with E-state index < -0.39 is 10.0 Å². The fraction of sp³-hybridized carbons (Fsp3) is 0.458. The standard InChI is InChI=1S/C24H31N3O3S/c1-19-10-11-23(20(2)17-19)31(29,30)27-15-13-25(14-16-27)24(28)22-9-6-12-26(22)18-21-7-4-3-5-8-21/h3-5,7-8,10-11,17,22H,6,9,12-16,18H2,1-2H3/t22-/m0/s1. The van der Waals surface area contributed by atoms with Gasteiger partial charge >= 0.3 is 0 Å². The molecule has 166 valence electrons. The third-order valence-electron chi connectivity index (χ3n) is 6.38. The van der Waals surface area contributed by atoms with Crippen molar-refractivity contribution in [1.82, 2.24) is 14.1 Å². The summed E-state index contributed by atoms with van der Waals surface area (Å²) < 4.78 is 27.8. The molecule has 2 saturated heterocycles. The van der Waals surface area contributed by atoms with E-state index in [2.05, 4.69) is 17.0 Å². The Labute approximate surface area is 185 Å². The lowest BCUT2D eigenvalue weighted by Crippen LogP contribution is -2.54. The van der Waals surface area contributed by atoms with Crippen molar-refractivity contribution in [2.24, 2.45) is 0 Å². The Morgan fingerprint density at radius 2 is 1.68 bits per heavy atom. The number of amides is 1. The summed E-state index contributed by atoms with van der Waals surface area (Å²) in [6, 6.07) is 15.6. The summed E-state index contributed by atoms with van der Waals surface area (Å²) >= 11 is 0. The topological polar surface area (TPSA) is 60.9 Å². The van der Waals surface area contributed by atoms with Crippen LogP contribution in [0.5, 0.6) is 0 Å². The molecular weight excluding hydrogens is 410 g/mol. The van der Waals surface area contributed by atoms with Gasteiger partial charge in [0, 0.05) is 32.7 Å². The predicted octanol–water partition coefficient (Wildman–Crippen LogP) is 2.80. The van der Waals surface area contributed by atoms with Crippen molar-refractivity contribution in [2.75, 3.05) is 32.7 Å². The maximum absolute atomic E-state index is 13.2. The molecule has 1 amide bonds. The summed E-state index contributed by atoms with van der Waals surface area (Å²) in [4.78, 5) is 17.7. The van der Waals surface area contributed by atoms with Gasteiger partial charge < -0.3 is 4.90 Å². The zero-order valence-electron chi connectivity index (χ0n) is 18.3. The Bertz CT molecular complexity index is 1030. The van der Waals surface area contributed by atoms with Gasteiger partial charge in [0.05, 0.1) is 10.9 Å². The summed E-state index contributed by atoms with van der Waals surface area (Å²) in [5.74, 6) is 0.136. The van der Waals surface area contributed by atoms with Crippen molar-refractivity contribution >= 4 is 15.9 Å². The molecule has 0 bridgehead atoms. The van der Waals surface area contributed by atoms with Crippen LogP contribution in [0.4, 0.5) is 0 Å². The number of carbonyl (C=O) groups is 1. The second-order valence-electron chi connectivity index (χ2n) is 8.61. The highest BCUT2D eigenvalue weighted by atomic mass is 32.2. The van der Waals surface area contributed by atoms with E-state index >= 15 is 0 Å². The molecule has 2 aromatic carbocycles. The van der Waals surface area contributed by atoms with E-state index in [9.17, 15) is 13.2 Å². The summed E-state index contributed by atoms with van der Waals surface area (Å²) in [6.07, 6.45) is 1.89. The first-order chi connectivity index (χ1) is 14.9. The van der Waals surface area contributed by atoms with Gasteiger partial charge in [-0.3, -0.25) is 9.69 Å². The van der Waals surface area contributed by atoms with E-state index in [1.54, 1.807) is 6.07 Å². The van der Waals surface area contributed by atoms with Crippen LogP contribution in [0.3, 0.4) is 0 Å². The lowest BCUT2D eigenvalue weighted by atomic mass is 10.1. The van der Waals surface area contributed by atoms with E-state index in [1.807, 2.05) is 49.1 Å². The Morgan fingerprint density at radius 1 is 0.968 bits per heavy atom. The Morgan fingerprint density at radius 3 is 2.35 bits per heavy atom. The van der Waals surface area contributed by atoms with Crippen LogP contribution in [0.2, 0.25) is 0 Å². The lowest BCUT2D eigenvalue weighted by Gasteiger charge is -2.37. The van der Waals surface area contributed by atoms with Gasteiger partial charge in [0.25, 0.3) is 0 Å². The number of rotatable bonds is 5. The van der Waals surface area contributed by atoms with Crippen molar-refractivity contribution < 1.29 is 13.2 Å². The Balaban J connectivity index is 1.39. The fourth-order valence-corrected chi connectivity index (χ4v) is 6.33. The molecule has 1 atom stereocenters. The van der Waals surface area contributed by atoms with E-state index in [-0.39, 0.29) is 11.9 Å². The Hall–Kier alpha value is -2.22. The van der Waals surface area contributed by atoms with Gasteiger partial charge in [-0.25, -0.2) is 8.42 Å². The molecule has 0 spiro atoms. The van der Waals surface area contributed by atoms with Crippen LogP contribution < -0.4 is 0 Å². The predicted molar refractivity (Wildman–Crippen MR) is 121 cm³/mol. The van der Waals surface area contributed by atoms with Crippen molar-refractivity contribution in [3.8, 4) is 0 Å². The first-order valence-electron chi connectivity index (χ1n) is 11.0. The first-order valence-corrected chi connectivity index (χ1v) is 12.4. The summed E-state index contributed by atoms with van der Waals surface area (Å²) in [5.41, 5.74) is 3.02. The summed E-state index contributed by atoms with van der Waals surface area (Å²) in [6.45, 7) is 7.06. The number of nitrogens with zero attached hydrogens (tertiary/aromatic N) is 3. The molecule has 4 rings (SSSR count). The van der Waals surface area contributed by atoms with Gasteiger partial charge in [-0.15, -0.1) is 0 Å². The van der Waals surface area contributed by atoms with Crippen molar-refractivity contribution in [1.29, 1.82) is 0 Å². The van der Waals surface area contributed by atoms with Crippen LogP contribution in [0.1, 0.15) is 29.5 Å². The quantitative estimate of drug-likeness (QED) is 0.716. The summed E-state index contributed by atoms with van der Waals surface area (Å²) in [7, 11) is -3.54. The monoisotopic (exact) mass is 441 g/mol. The number of benzene rings is 2. The smallest absolute Gasteiger partial charge is 0.243 e. The number of sulfonamides is 1. The highest BCUT2D eigenvalue weighted by molar-refractivity contribution is 7.89. The van der Waals surface area contributed by atoms with E-state index in [0.29, 0.717) is 31.1 Å². The number of piperazine rings is 1. The number of carbonyl (C=O) groups excluding carboxylic acids is 1. The zero-order valence-corrected chi connectivity index (χ0v) is 19.1. The van der Waals surface area contributed by atoms with Gasteiger partial charge in [0.1, 0.15) is 0 Å². The van der Waals surface area contributed by atoms with Crippen molar-refractivity contribution in [2.45, 2.75) is 44.2 Å². The molecule has 2 aromatic rings. The zero-order chi connectivity index (χ0) is 22.0. The molecule has 0 N–H and O–H groups in total. The van der Waals surface area contributed by atoms with Gasteiger partial charge in [-0.1, -0.05) is 48.0 Å². The van der Waals surface area contributed by atoms with Gasteiger partial charge in [-0.05, 0) is 50.4 Å². The fourth-order valence-electron chi connectivity index (χ4n) is 4.70. The van der Waals surface area contributed by atoms with E-state index in [4.69, 9.17) is 0 Å². The molecule has 0 radical (unpaired) electrons. The average Bonchev–Trinajstić information content (AvgIpc) is 3.22. The minimum atomic E-state index is -3.54. The molecule has 6 nitrogen and oxygen atoms in total. The first kappa shape index (κ1) is 22.0. The van der Waals surface area contributed by atoms with Crippen LogP contribution in [-0.4, -0.2) is 67.2 Å². The molecule has 0 aliphatic carbocycles. The molecule has 0 saturated carbocycles. The molecule has 2 aliphatic rings. The van der Waals surface area contributed by atoms with Gasteiger partial charge in [0.2, 0.25) is 15.9 Å². The van der Waals surface area contributed by atoms with Crippen LogP contribution in [0, 0.1) is 13.8 Å². The van der Waals surface area contributed by atoms with Crippen LogP contribution in [0.15, 0.2) is 53.4 Å². The van der Waals surface area contributed by atoms with E-state index in [1.165, 1.54) is 9.87 Å². The molecule has 2 fully saturated rings. The van der Waals surface area contributed by atoms with Crippen LogP contribution >= 0.6 is 0 Å². The molecule has 0 unspecified atom stereocenters. The number of hydrogen-bond donors (Lipinski definition) is 0. The molecule has 7 heteroatoms. The number of hydrogen-bond acceptors (Lipinski definition) is 4. The third-order valence-corrected chi connectivity index (χ3v) is 8.43. The third kappa shape index (κ3) is 4.68. The van der Waals surface area contributed by atoms with Crippen molar-refractivity contribution in [3.05, 3.63) is 65.2 Å². The largest absolute Gasteiger partial charge is 0.339 e. The molecular formula is C24H31N3O3S. The van der Waals surface area contributed by atoms with Crippen molar-refractivity contribution in [3.63, 3.8) is 0 Å². The van der Waals surface area contributed by atoms with Crippen LogP contribution in [-0.2, 0) is 21.4 Å². The maximum atomic E-state index is 13.2. The highest BCUT2D eigenvalue weighted by Gasteiger charge is 2.37. The highest BCUT2D eigenvalue weighted by Crippen LogP contribution is 2.25. The SMILES string of the molecule is Cc1ccc(S(=O)(=O)N2CCN(C(=O)[C@@H]3CCCN3Cc3ccccc3)CC2)c(C)c1.